The van der Waals surface area contributed by atoms with Crippen LogP contribution in [0.2, 0.25) is 0 Å². The van der Waals surface area contributed by atoms with Crippen LogP contribution in [0.4, 0.5) is 0 Å². The van der Waals surface area contributed by atoms with Gasteiger partial charge in [-0.05, 0) is 25.5 Å². The third-order valence-corrected chi connectivity index (χ3v) is 4.66. The number of aromatic amines is 1. The molecule has 0 amide bonds. The van der Waals surface area contributed by atoms with Crippen molar-refractivity contribution in [3.8, 4) is 0 Å². The van der Waals surface area contributed by atoms with Crippen LogP contribution in [0.15, 0.2) is 59.8 Å². The Morgan fingerprint density at radius 3 is 2.52 bits per heavy atom. The van der Waals surface area contributed by atoms with E-state index in [1.54, 1.807) is 0 Å². The van der Waals surface area contributed by atoms with Gasteiger partial charge in [0, 0.05) is 5.56 Å². The van der Waals surface area contributed by atoms with Crippen LogP contribution in [0.5, 0.6) is 0 Å². The van der Waals surface area contributed by atoms with Gasteiger partial charge in [0.2, 0.25) is 5.16 Å². The van der Waals surface area contributed by atoms with Crippen molar-refractivity contribution in [1.82, 2.24) is 15.2 Å². The molecule has 3 aromatic rings. The molecule has 5 heteroatoms. The van der Waals surface area contributed by atoms with E-state index < -0.39 is 0 Å². The highest BCUT2D eigenvalue weighted by Crippen LogP contribution is 2.23. The van der Waals surface area contributed by atoms with Gasteiger partial charge in [0.15, 0.2) is 5.78 Å². The van der Waals surface area contributed by atoms with Crippen LogP contribution in [0.25, 0.3) is 12.2 Å². The first-order chi connectivity index (χ1) is 12.1. The number of nitrogens with zero attached hydrogens (tertiary/aromatic N) is 2. The lowest BCUT2D eigenvalue weighted by molar-refractivity contribution is 0.0994. The van der Waals surface area contributed by atoms with Gasteiger partial charge in [-0.15, -0.1) is 5.10 Å². The zero-order chi connectivity index (χ0) is 17.6. The first kappa shape index (κ1) is 17.2. The number of rotatable bonds is 6. The summed E-state index contributed by atoms with van der Waals surface area (Å²) < 4.78 is 0. The Hall–Kier alpha value is -2.66. The molecule has 0 fully saturated rings. The molecule has 3 rings (SSSR count). The number of benzene rings is 2. The second kappa shape index (κ2) is 7.94. The highest BCUT2D eigenvalue weighted by molar-refractivity contribution is 8.00. The van der Waals surface area contributed by atoms with E-state index >= 15 is 0 Å². The van der Waals surface area contributed by atoms with Gasteiger partial charge < -0.3 is 0 Å². The molecule has 25 heavy (non-hydrogen) atoms. The van der Waals surface area contributed by atoms with Crippen molar-refractivity contribution in [1.29, 1.82) is 0 Å². The number of Topliss-reactive ketones (excluding diaryl/α,β-unsaturated/α-hetero) is 1. The third-order valence-electron chi connectivity index (χ3n) is 3.70. The lowest BCUT2D eigenvalue weighted by Crippen LogP contribution is -2.13. The van der Waals surface area contributed by atoms with E-state index in [9.17, 15) is 4.79 Å². The van der Waals surface area contributed by atoms with Gasteiger partial charge in [-0.3, -0.25) is 9.89 Å². The van der Waals surface area contributed by atoms with Gasteiger partial charge >= 0.3 is 0 Å². The average molecular weight is 349 g/mol. The van der Waals surface area contributed by atoms with Crippen LogP contribution in [0, 0.1) is 6.92 Å². The minimum absolute atomic E-state index is 0.0798. The van der Waals surface area contributed by atoms with Crippen LogP contribution in [0.3, 0.4) is 0 Å². The van der Waals surface area contributed by atoms with E-state index in [0.29, 0.717) is 16.5 Å². The predicted octanol–water partition coefficient (Wildman–Crippen LogP) is 4.65. The van der Waals surface area contributed by atoms with Crippen molar-refractivity contribution in [2.45, 2.75) is 24.3 Å². The molecule has 4 nitrogen and oxygen atoms in total. The topological polar surface area (TPSA) is 58.6 Å². The van der Waals surface area contributed by atoms with Gasteiger partial charge in [-0.25, -0.2) is 4.98 Å². The fourth-order valence-electron chi connectivity index (χ4n) is 2.29. The Bertz CT molecular complexity index is 869. The number of carbonyl (C=O) groups is 1. The van der Waals surface area contributed by atoms with Gasteiger partial charge in [-0.2, -0.15) is 0 Å². The molecule has 1 unspecified atom stereocenters. The van der Waals surface area contributed by atoms with Gasteiger partial charge in [0.05, 0.1) is 5.25 Å². The summed E-state index contributed by atoms with van der Waals surface area (Å²) in [7, 11) is 0. The summed E-state index contributed by atoms with van der Waals surface area (Å²) >= 11 is 1.36. The highest BCUT2D eigenvalue weighted by Gasteiger charge is 2.18. The molecule has 0 bridgehead atoms. The SMILES string of the molecule is Cc1ccc(C(=O)C(C)Sc2n[nH]c(C=Cc3ccccc3)n2)cc1. The first-order valence-electron chi connectivity index (χ1n) is 8.05. The number of hydrogen-bond donors (Lipinski definition) is 1. The number of aryl methyl sites for hydroxylation is 1. The summed E-state index contributed by atoms with van der Waals surface area (Å²) in [6.07, 6.45) is 3.84. The smallest absolute Gasteiger partial charge is 0.209 e. The van der Waals surface area contributed by atoms with Crippen LogP contribution < -0.4 is 0 Å². The summed E-state index contributed by atoms with van der Waals surface area (Å²) in [6, 6.07) is 17.6. The van der Waals surface area contributed by atoms with E-state index in [1.165, 1.54) is 11.8 Å². The number of hydrogen-bond acceptors (Lipinski definition) is 4. The highest BCUT2D eigenvalue weighted by atomic mass is 32.2. The first-order valence-corrected chi connectivity index (χ1v) is 8.93. The Labute approximate surface area is 151 Å². The maximum absolute atomic E-state index is 12.5. The van der Waals surface area contributed by atoms with Crippen LogP contribution >= 0.6 is 11.8 Å². The molecule has 1 aromatic heterocycles. The van der Waals surface area contributed by atoms with E-state index in [-0.39, 0.29) is 11.0 Å². The monoisotopic (exact) mass is 349 g/mol. The van der Waals surface area contributed by atoms with Crippen LogP contribution in [0.1, 0.15) is 34.2 Å². The molecule has 0 aliphatic rings. The quantitative estimate of drug-likeness (QED) is 0.520. The summed E-state index contributed by atoms with van der Waals surface area (Å²) in [5.41, 5.74) is 2.95. The number of ketones is 1. The molecule has 0 aliphatic carbocycles. The summed E-state index contributed by atoms with van der Waals surface area (Å²) in [5, 5.41) is 7.39. The average Bonchev–Trinajstić information content (AvgIpc) is 3.08. The van der Waals surface area contributed by atoms with E-state index in [0.717, 1.165) is 11.1 Å². The Kier molecular flexibility index (Phi) is 5.46. The molecule has 1 heterocycles. The zero-order valence-electron chi connectivity index (χ0n) is 14.1. The largest absolute Gasteiger partial charge is 0.293 e. The molecule has 0 saturated heterocycles. The Morgan fingerprint density at radius 2 is 1.80 bits per heavy atom. The van der Waals surface area contributed by atoms with E-state index in [4.69, 9.17) is 0 Å². The van der Waals surface area contributed by atoms with Crippen LogP contribution in [-0.4, -0.2) is 26.2 Å². The molecule has 2 aromatic carbocycles. The molecule has 1 N–H and O–H groups in total. The van der Waals surface area contributed by atoms with Crippen molar-refractivity contribution in [3.05, 3.63) is 77.1 Å². The number of aromatic nitrogens is 3. The fourth-order valence-corrected chi connectivity index (χ4v) is 3.10. The Balaban J connectivity index is 1.63. The van der Waals surface area contributed by atoms with E-state index in [2.05, 4.69) is 15.2 Å². The Morgan fingerprint density at radius 1 is 1.08 bits per heavy atom. The predicted molar refractivity (Wildman–Crippen MR) is 103 cm³/mol. The molecule has 126 valence electrons. The number of thioether (sulfide) groups is 1. The molecular formula is C20H19N3OS. The molecule has 0 aliphatic heterocycles. The van der Waals surface area contributed by atoms with Gasteiger partial charge in [-0.1, -0.05) is 78.0 Å². The summed E-state index contributed by atoms with van der Waals surface area (Å²) in [5.74, 6) is 0.748. The van der Waals surface area contributed by atoms with Crippen molar-refractivity contribution in [2.24, 2.45) is 0 Å². The van der Waals surface area contributed by atoms with Crippen molar-refractivity contribution < 1.29 is 4.79 Å². The van der Waals surface area contributed by atoms with Gasteiger partial charge in [0.25, 0.3) is 0 Å². The molecular weight excluding hydrogens is 330 g/mol. The molecule has 1 atom stereocenters. The van der Waals surface area contributed by atoms with Crippen LogP contribution in [-0.2, 0) is 0 Å². The molecule has 0 spiro atoms. The second-order valence-corrected chi connectivity index (χ2v) is 7.05. The fraction of sp³-hybridized carbons (Fsp3) is 0.150. The molecule has 0 radical (unpaired) electrons. The lowest BCUT2D eigenvalue weighted by atomic mass is 10.1. The van der Waals surface area contributed by atoms with Crippen molar-refractivity contribution in [2.75, 3.05) is 0 Å². The summed E-state index contributed by atoms with van der Waals surface area (Å²) in [4.78, 5) is 16.9. The molecule has 0 saturated carbocycles. The number of nitrogens with one attached hydrogen (secondary N) is 1. The van der Waals surface area contributed by atoms with Gasteiger partial charge in [0.1, 0.15) is 5.82 Å². The van der Waals surface area contributed by atoms with E-state index in [1.807, 2.05) is 80.6 Å². The maximum Gasteiger partial charge on any atom is 0.209 e. The maximum atomic E-state index is 12.5. The third kappa shape index (κ3) is 4.67. The normalized spacial score (nSPS) is 12.4. The standard InChI is InChI=1S/C20H19N3OS/c1-14-8-11-17(12-9-14)19(24)15(2)25-20-21-18(22-23-20)13-10-16-6-4-3-5-7-16/h3-13,15H,1-2H3,(H,21,22,23). The minimum atomic E-state index is -0.246. The number of carbonyl (C=O) groups excluding carboxylic acids is 1. The summed E-state index contributed by atoms with van der Waals surface area (Å²) in [6.45, 7) is 3.88. The van der Waals surface area contributed by atoms with Crippen molar-refractivity contribution >= 4 is 29.7 Å². The van der Waals surface area contributed by atoms with Crippen molar-refractivity contribution in [3.63, 3.8) is 0 Å². The second-order valence-electron chi connectivity index (χ2n) is 5.74. The zero-order valence-corrected chi connectivity index (χ0v) is 15.0. The lowest BCUT2D eigenvalue weighted by Gasteiger charge is -2.07. The minimum Gasteiger partial charge on any atom is -0.293 e. The number of H-pyrrole nitrogens is 1.